The monoisotopic (exact) mass is 384 g/mol. The maximum atomic E-state index is 12.7. The molecule has 1 aromatic heterocycles. The molecule has 2 aliphatic rings. The molecule has 28 heavy (non-hydrogen) atoms. The number of hydrogen-bond donors (Lipinski definition) is 1. The average molecular weight is 384 g/mol. The number of hydrogen-bond acceptors (Lipinski definition) is 5. The molecular formula is C21H28N4O3. The van der Waals surface area contributed by atoms with Crippen LogP contribution in [0.1, 0.15) is 55.4 Å². The predicted molar refractivity (Wildman–Crippen MR) is 104 cm³/mol. The second kappa shape index (κ2) is 9.19. The molecule has 2 heterocycles. The number of carbonyl (C=O) groups is 1. The zero-order valence-corrected chi connectivity index (χ0v) is 16.2. The highest BCUT2D eigenvalue weighted by molar-refractivity contribution is 5.74. The van der Waals surface area contributed by atoms with E-state index in [0.29, 0.717) is 37.3 Å². The number of benzene rings is 1. The van der Waals surface area contributed by atoms with Gasteiger partial charge in [-0.25, -0.2) is 4.79 Å². The Labute approximate surface area is 165 Å². The number of likely N-dealkylation sites (tertiary alicyclic amines) is 1. The third-order valence-electron chi connectivity index (χ3n) is 5.35. The minimum absolute atomic E-state index is 0.0584. The molecule has 1 atom stereocenters. The lowest BCUT2D eigenvalue weighted by atomic mass is 10.0. The Morgan fingerprint density at radius 3 is 2.89 bits per heavy atom. The molecule has 1 unspecified atom stereocenters. The van der Waals surface area contributed by atoms with Gasteiger partial charge in [-0.15, -0.1) is 0 Å². The summed E-state index contributed by atoms with van der Waals surface area (Å²) in [7, 11) is 0. The second-order valence-electron chi connectivity index (χ2n) is 7.68. The van der Waals surface area contributed by atoms with E-state index in [2.05, 4.69) is 27.6 Å². The molecule has 7 nitrogen and oxygen atoms in total. The number of rotatable bonds is 8. The first-order chi connectivity index (χ1) is 13.8. The van der Waals surface area contributed by atoms with Crippen LogP contribution >= 0.6 is 0 Å². The molecule has 4 rings (SSSR count). The Morgan fingerprint density at radius 2 is 2.07 bits per heavy atom. The van der Waals surface area contributed by atoms with Crippen LogP contribution in [-0.2, 0) is 17.8 Å². The van der Waals surface area contributed by atoms with Crippen molar-refractivity contribution in [3.8, 4) is 0 Å². The van der Waals surface area contributed by atoms with Crippen molar-refractivity contribution < 1.29 is 14.1 Å². The normalized spacial score (nSPS) is 19.6. The summed E-state index contributed by atoms with van der Waals surface area (Å²) >= 11 is 0. The molecule has 7 heteroatoms. The lowest BCUT2D eigenvalue weighted by molar-refractivity contribution is 0.0893. The van der Waals surface area contributed by atoms with Crippen LogP contribution in [0.4, 0.5) is 4.79 Å². The fourth-order valence-electron chi connectivity index (χ4n) is 3.56. The lowest BCUT2D eigenvalue weighted by Gasteiger charge is -2.33. The SMILES string of the molecule is O=C(NCCc1ccccc1)N1CCCCC1c1noc(COCC2CC2)n1. The van der Waals surface area contributed by atoms with Crippen molar-refractivity contribution in [3.63, 3.8) is 0 Å². The summed E-state index contributed by atoms with van der Waals surface area (Å²) in [6.07, 6.45) is 6.24. The summed E-state index contributed by atoms with van der Waals surface area (Å²) in [5.74, 6) is 1.78. The number of urea groups is 1. The summed E-state index contributed by atoms with van der Waals surface area (Å²) < 4.78 is 11.0. The van der Waals surface area contributed by atoms with Crippen LogP contribution < -0.4 is 5.32 Å². The number of ether oxygens (including phenoxy) is 1. The molecule has 0 radical (unpaired) electrons. The van der Waals surface area contributed by atoms with E-state index in [1.165, 1.54) is 18.4 Å². The number of nitrogens with one attached hydrogen (secondary N) is 1. The molecule has 1 saturated heterocycles. The van der Waals surface area contributed by atoms with Crippen molar-refractivity contribution in [2.75, 3.05) is 19.7 Å². The van der Waals surface area contributed by atoms with Crippen LogP contribution in [0.3, 0.4) is 0 Å². The summed E-state index contributed by atoms with van der Waals surface area (Å²) in [5, 5.41) is 7.16. The number of piperidine rings is 1. The van der Waals surface area contributed by atoms with Crippen molar-refractivity contribution in [2.24, 2.45) is 5.92 Å². The number of aromatic nitrogens is 2. The zero-order chi connectivity index (χ0) is 19.2. The summed E-state index contributed by atoms with van der Waals surface area (Å²) in [6, 6.07) is 9.98. The maximum Gasteiger partial charge on any atom is 0.318 e. The third kappa shape index (κ3) is 5.10. The van der Waals surface area contributed by atoms with E-state index in [1.807, 2.05) is 23.1 Å². The van der Waals surface area contributed by atoms with Gasteiger partial charge in [0, 0.05) is 13.1 Å². The van der Waals surface area contributed by atoms with Gasteiger partial charge in [0.15, 0.2) is 5.82 Å². The highest BCUT2D eigenvalue weighted by Crippen LogP contribution is 2.30. The summed E-state index contributed by atoms with van der Waals surface area (Å²) in [4.78, 5) is 19.1. The van der Waals surface area contributed by atoms with E-state index in [4.69, 9.17) is 9.26 Å². The van der Waals surface area contributed by atoms with E-state index in [-0.39, 0.29) is 12.1 Å². The number of nitrogens with zero attached hydrogens (tertiary/aromatic N) is 3. The molecule has 2 aromatic rings. The van der Waals surface area contributed by atoms with Crippen LogP contribution in [0.25, 0.3) is 0 Å². The summed E-state index contributed by atoms with van der Waals surface area (Å²) in [5.41, 5.74) is 1.21. The van der Waals surface area contributed by atoms with Gasteiger partial charge >= 0.3 is 6.03 Å². The standard InChI is InChI=1S/C21H28N4O3/c26-21(22-12-11-16-6-2-1-3-7-16)25-13-5-4-8-18(25)20-23-19(28-24-20)15-27-14-17-9-10-17/h1-3,6-7,17-18H,4-5,8-15H2,(H,22,26). The molecule has 1 aliphatic heterocycles. The minimum Gasteiger partial charge on any atom is -0.371 e. The van der Waals surface area contributed by atoms with E-state index in [9.17, 15) is 4.79 Å². The molecule has 150 valence electrons. The van der Waals surface area contributed by atoms with Crippen LogP contribution in [0.2, 0.25) is 0 Å². The fourth-order valence-corrected chi connectivity index (χ4v) is 3.56. The maximum absolute atomic E-state index is 12.7. The van der Waals surface area contributed by atoms with E-state index in [0.717, 1.165) is 32.3 Å². The Morgan fingerprint density at radius 1 is 1.21 bits per heavy atom. The highest BCUT2D eigenvalue weighted by Gasteiger charge is 2.31. The minimum atomic E-state index is -0.133. The lowest BCUT2D eigenvalue weighted by Crippen LogP contribution is -2.45. The zero-order valence-electron chi connectivity index (χ0n) is 16.2. The average Bonchev–Trinajstić information content (AvgIpc) is 3.44. The molecule has 1 N–H and O–H groups in total. The van der Waals surface area contributed by atoms with Crippen molar-refractivity contribution in [2.45, 2.75) is 51.2 Å². The highest BCUT2D eigenvalue weighted by atomic mass is 16.5. The second-order valence-corrected chi connectivity index (χ2v) is 7.68. The van der Waals surface area contributed by atoms with E-state index >= 15 is 0 Å². The molecule has 2 fully saturated rings. The molecule has 0 spiro atoms. The third-order valence-corrected chi connectivity index (χ3v) is 5.35. The Hall–Kier alpha value is -2.41. The number of carbonyl (C=O) groups excluding carboxylic acids is 1. The Bertz CT molecular complexity index is 760. The van der Waals surface area contributed by atoms with Crippen molar-refractivity contribution in [3.05, 3.63) is 47.6 Å². The van der Waals surface area contributed by atoms with Gasteiger partial charge in [-0.3, -0.25) is 0 Å². The van der Waals surface area contributed by atoms with E-state index < -0.39 is 0 Å². The Balaban J connectivity index is 1.30. The van der Waals surface area contributed by atoms with Crippen LogP contribution in [0.5, 0.6) is 0 Å². The van der Waals surface area contributed by atoms with Crippen molar-refractivity contribution in [1.82, 2.24) is 20.4 Å². The van der Waals surface area contributed by atoms with Gasteiger partial charge in [-0.1, -0.05) is 35.5 Å². The summed E-state index contributed by atoms with van der Waals surface area (Å²) in [6.45, 7) is 2.43. The molecule has 1 aromatic carbocycles. The molecule has 1 saturated carbocycles. The quantitative estimate of drug-likeness (QED) is 0.754. The van der Waals surface area contributed by atoms with Gasteiger partial charge < -0.3 is 19.5 Å². The predicted octanol–water partition coefficient (Wildman–Crippen LogP) is 3.48. The van der Waals surface area contributed by atoms with Gasteiger partial charge in [-0.05, 0) is 50.0 Å². The van der Waals surface area contributed by atoms with E-state index in [1.54, 1.807) is 0 Å². The largest absolute Gasteiger partial charge is 0.371 e. The topological polar surface area (TPSA) is 80.5 Å². The van der Waals surface area contributed by atoms with Gasteiger partial charge in [0.1, 0.15) is 6.61 Å². The Kier molecular flexibility index (Phi) is 6.21. The van der Waals surface area contributed by atoms with Gasteiger partial charge in [0.2, 0.25) is 0 Å². The van der Waals surface area contributed by atoms with Gasteiger partial charge in [0.05, 0.1) is 12.6 Å². The van der Waals surface area contributed by atoms with Crippen molar-refractivity contribution >= 4 is 6.03 Å². The molecular weight excluding hydrogens is 356 g/mol. The molecule has 0 bridgehead atoms. The molecule has 2 amide bonds. The van der Waals surface area contributed by atoms with Crippen molar-refractivity contribution in [1.29, 1.82) is 0 Å². The first-order valence-corrected chi connectivity index (χ1v) is 10.3. The van der Waals surface area contributed by atoms with Gasteiger partial charge in [0.25, 0.3) is 5.89 Å². The van der Waals surface area contributed by atoms with Crippen LogP contribution in [-0.4, -0.2) is 40.8 Å². The first-order valence-electron chi connectivity index (χ1n) is 10.3. The van der Waals surface area contributed by atoms with Gasteiger partial charge in [-0.2, -0.15) is 4.98 Å². The van der Waals surface area contributed by atoms with Crippen LogP contribution in [0, 0.1) is 5.92 Å². The molecule has 1 aliphatic carbocycles. The fraction of sp³-hybridized carbons (Fsp3) is 0.571. The number of amides is 2. The first kappa shape index (κ1) is 18.9. The van der Waals surface area contributed by atoms with Crippen LogP contribution in [0.15, 0.2) is 34.9 Å². The smallest absolute Gasteiger partial charge is 0.318 e.